The molecular weight excluding hydrogens is 174 g/mol. The Morgan fingerprint density at radius 2 is 2.23 bits per heavy atom. The van der Waals surface area contributed by atoms with Gasteiger partial charge in [-0.15, -0.1) is 0 Å². The number of rotatable bonds is 1. The van der Waals surface area contributed by atoms with Crippen molar-refractivity contribution in [2.45, 2.75) is 31.0 Å². The predicted octanol–water partition coefficient (Wildman–Crippen LogP) is -1.57. The highest BCUT2D eigenvalue weighted by Gasteiger charge is 2.56. The molecule has 0 aliphatic carbocycles. The molecule has 13 heavy (non-hydrogen) atoms. The molecule has 2 fully saturated rings. The fraction of sp³-hybridized carbons (Fsp3) is 1.00. The Labute approximate surface area is 76.4 Å². The first-order valence-corrected chi connectivity index (χ1v) is 4.46. The fourth-order valence-electron chi connectivity index (χ4n) is 1.92. The molecule has 0 unspecified atom stereocenters. The maximum atomic E-state index is 9.75. The molecule has 0 aromatic rings. The summed E-state index contributed by atoms with van der Waals surface area (Å²) >= 11 is 0. The van der Waals surface area contributed by atoms with Gasteiger partial charge in [0.1, 0.15) is 11.7 Å². The van der Waals surface area contributed by atoms with Crippen LogP contribution in [0.4, 0.5) is 0 Å². The van der Waals surface area contributed by atoms with Gasteiger partial charge < -0.3 is 25.4 Å². The lowest BCUT2D eigenvalue weighted by molar-refractivity contribution is -0.233. The van der Waals surface area contributed by atoms with Crippen LogP contribution in [0.2, 0.25) is 0 Å². The molecule has 0 radical (unpaired) electrons. The summed E-state index contributed by atoms with van der Waals surface area (Å²) in [6.45, 7) is 2.20. The number of aliphatic hydroxyl groups is 2. The van der Waals surface area contributed by atoms with Gasteiger partial charge in [-0.25, -0.2) is 0 Å². The molecule has 4 N–H and O–H groups in total. The molecule has 2 aliphatic heterocycles. The first kappa shape index (κ1) is 9.36. The van der Waals surface area contributed by atoms with Crippen LogP contribution >= 0.6 is 0 Å². The molecule has 76 valence electrons. The topological polar surface area (TPSA) is 84.9 Å². The molecule has 0 aromatic heterocycles. The summed E-state index contributed by atoms with van der Waals surface area (Å²) in [4.78, 5) is 0. The average Bonchev–Trinajstić information content (AvgIpc) is 2.55. The van der Waals surface area contributed by atoms with E-state index in [9.17, 15) is 10.2 Å². The number of aliphatic hydroxyl groups excluding tert-OH is 2. The Balaban J connectivity index is 2.25. The van der Waals surface area contributed by atoms with E-state index >= 15 is 0 Å². The van der Waals surface area contributed by atoms with Gasteiger partial charge in [-0.2, -0.15) is 0 Å². The van der Waals surface area contributed by atoms with Crippen molar-refractivity contribution in [3.05, 3.63) is 0 Å². The van der Waals surface area contributed by atoms with Crippen molar-refractivity contribution in [1.82, 2.24) is 0 Å². The fourth-order valence-corrected chi connectivity index (χ4v) is 1.92. The van der Waals surface area contributed by atoms with Gasteiger partial charge in [0.25, 0.3) is 0 Å². The summed E-state index contributed by atoms with van der Waals surface area (Å²) in [5, 5.41) is 19.4. The van der Waals surface area contributed by atoms with Crippen molar-refractivity contribution in [2.75, 3.05) is 13.2 Å². The van der Waals surface area contributed by atoms with Gasteiger partial charge in [0.2, 0.25) is 0 Å². The summed E-state index contributed by atoms with van der Waals surface area (Å²) in [6, 6.07) is 0. The number of nitrogens with two attached hydrogens (primary N) is 1. The highest BCUT2D eigenvalue weighted by molar-refractivity contribution is 5.03. The van der Waals surface area contributed by atoms with Crippen LogP contribution in [0.3, 0.4) is 0 Å². The Morgan fingerprint density at radius 3 is 2.85 bits per heavy atom. The Hall–Kier alpha value is -0.200. The van der Waals surface area contributed by atoms with E-state index in [-0.39, 0.29) is 19.1 Å². The summed E-state index contributed by atoms with van der Waals surface area (Å²) in [6.07, 6.45) is -2.20. The summed E-state index contributed by atoms with van der Waals surface area (Å²) in [5.41, 5.74) is 4.61. The molecule has 2 aliphatic rings. The SMILES string of the molecule is C[C@H]1[C@H]2OC[C@](CN)(O2)[C@H](O)[C@@H]1O. The van der Waals surface area contributed by atoms with Crippen LogP contribution in [-0.4, -0.2) is 47.5 Å². The van der Waals surface area contributed by atoms with E-state index < -0.39 is 24.1 Å². The third-order valence-corrected chi connectivity index (χ3v) is 3.02. The highest BCUT2D eigenvalue weighted by Crippen LogP contribution is 2.38. The van der Waals surface area contributed by atoms with Gasteiger partial charge in [-0.1, -0.05) is 6.92 Å². The smallest absolute Gasteiger partial charge is 0.163 e. The van der Waals surface area contributed by atoms with Crippen LogP contribution in [0, 0.1) is 5.92 Å². The zero-order valence-corrected chi connectivity index (χ0v) is 7.51. The van der Waals surface area contributed by atoms with E-state index in [0.29, 0.717) is 0 Å². The number of hydrogen-bond donors (Lipinski definition) is 3. The minimum atomic E-state index is -0.953. The lowest BCUT2D eigenvalue weighted by atomic mass is 9.85. The van der Waals surface area contributed by atoms with E-state index in [0.717, 1.165) is 0 Å². The second-order valence-electron chi connectivity index (χ2n) is 3.86. The van der Waals surface area contributed by atoms with Gasteiger partial charge in [0.05, 0.1) is 12.7 Å². The second-order valence-corrected chi connectivity index (χ2v) is 3.86. The standard InChI is InChI=1S/C8H15NO4/c1-4-5(10)6(11)8(2-9)3-12-7(4)13-8/h4-7,10-11H,2-3,9H2,1H3/t4-,5-,6-,7+,8+/m1/s1. The van der Waals surface area contributed by atoms with Crippen molar-refractivity contribution in [2.24, 2.45) is 11.7 Å². The molecular formula is C8H15NO4. The first-order chi connectivity index (χ1) is 6.10. The van der Waals surface area contributed by atoms with Gasteiger partial charge in [-0.3, -0.25) is 0 Å². The van der Waals surface area contributed by atoms with E-state index in [1.54, 1.807) is 6.92 Å². The molecule has 2 rings (SSSR count). The lowest BCUT2D eigenvalue weighted by Crippen LogP contribution is -2.61. The summed E-state index contributed by atoms with van der Waals surface area (Å²) in [5.74, 6) is -0.211. The van der Waals surface area contributed by atoms with Gasteiger partial charge in [-0.05, 0) is 0 Å². The normalized spacial score (nSPS) is 55.4. The third kappa shape index (κ3) is 1.12. The molecule has 0 saturated carbocycles. The van der Waals surface area contributed by atoms with Crippen molar-refractivity contribution >= 4 is 0 Å². The third-order valence-electron chi connectivity index (χ3n) is 3.02. The number of hydrogen-bond acceptors (Lipinski definition) is 5. The van der Waals surface area contributed by atoms with E-state index in [1.807, 2.05) is 0 Å². The second kappa shape index (κ2) is 2.90. The monoisotopic (exact) mass is 189 g/mol. The van der Waals surface area contributed by atoms with Gasteiger partial charge in [0, 0.05) is 12.5 Å². The molecule has 2 saturated heterocycles. The number of fused-ring (bicyclic) bond motifs is 2. The molecule has 5 atom stereocenters. The molecule has 0 aromatic carbocycles. The minimum Gasteiger partial charge on any atom is -0.390 e. The molecule has 2 bridgehead atoms. The Kier molecular flexibility index (Phi) is 2.08. The van der Waals surface area contributed by atoms with Crippen molar-refractivity contribution in [3.63, 3.8) is 0 Å². The average molecular weight is 189 g/mol. The molecule has 0 amide bonds. The minimum absolute atomic E-state index is 0.161. The lowest BCUT2D eigenvalue weighted by Gasteiger charge is -2.41. The largest absolute Gasteiger partial charge is 0.390 e. The van der Waals surface area contributed by atoms with Crippen molar-refractivity contribution in [1.29, 1.82) is 0 Å². The molecule has 5 nitrogen and oxygen atoms in total. The summed E-state index contributed by atoms with van der Waals surface area (Å²) < 4.78 is 10.8. The molecule has 0 spiro atoms. The maximum Gasteiger partial charge on any atom is 0.163 e. The number of ether oxygens (including phenoxy) is 2. The van der Waals surface area contributed by atoms with Crippen LogP contribution in [-0.2, 0) is 9.47 Å². The van der Waals surface area contributed by atoms with Gasteiger partial charge in [0.15, 0.2) is 6.29 Å². The van der Waals surface area contributed by atoms with E-state index in [4.69, 9.17) is 15.2 Å². The Morgan fingerprint density at radius 1 is 1.54 bits per heavy atom. The van der Waals surface area contributed by atoms with Crippen molar-refractivity contribution in [3.8, 4) is 0 Å². The van der Waals surface area contributed by atoms with Crippen LogP contribution < -0.4 is 5.73 Å². The van der Waals surface area contributed by atoms with Crippen LogP contribution in [0.5, 0.6) is 0 Å². The van der Waals surface area contributed by atoms with Crippen molar-refractivity contribution < 1.29 is 19.7 Å². The van der Waals surface area contributed by atoms with Gasteiger partial charge >= 0.3 is 0 Å². The molecule has 5 heteroatoms. The highest BCUT2D eigenvalue weighted by atomic mass is 16.7. The molecule has 2 heterocycles. The first-order valence-electron chi connectivity index (χ1n) is 4.46. The maximum absolute atomic E-state index is 9.75. The van der Waals surface area contributed by atoms with Crippen LogP contribution in [0.1, 0.15) is 6.92 Å². The Bertz CT molecular complexity index is 212. The zero-order chi connectivity index (χ0) is 9.64. The quantitative estimate of drug-likeness (QED) is 0.464. The van der Waals surface area contributed by atoms with E-state index in [2.05, 4.69) is 0 Å². The van der Waals surface area contributed by atoms with Crippen LogP contribution in [0.25, 0.3) is 0 Å². The summed E-state index contributed by atoms with van der Waals surface area (Å²) in [7, 11) is 0. The predicted molar refractivity (Wildman–Crippen MR) is 43.8 cm³/mol. The van der Waals surface area contributed by atoms with Crippen LogP contribution in [0.15, 0.2) is 0 Å². The zero-order valence-electron chi connectivity index (χ0n) is 7.51. The van der Waals surface area contributed by atoms with E-state index in [1.165, 1.54) is 0 Å².